The number of hydrogen-bond donors (Lipinski definition) is 0. The zero-order valence-corrected chi connectivity index (χ0v) is 11.1. The lowest BCUT2D eigenvalue weighted by Gasteiger charge is -2.25. The third-order valence-electron chi connectivity index (χ3n) is 2.89. The molecule has 1 saturated heterocycles. The average Bonchev–Trinajstić information content (AvgIpc) is 2.79. The van der Waals surface area contributed by atoms with Gasteiger partial charge in [0.2, 0.25) is 0 Å². The highest BCUT2D eigenvalue weighted by Crippen LogP contribution is 2.27. The van der Waals surface area contributed by atoms with Gasteiger partial charge in [-0.05, 0) is 31.4 Å². The van der Waals surface area contributed by atoms with Crippen molar-refractivity contribution in [1.29, 1.82) is 0 Å². The fraction of sp³-hybridized carbons (Fsp3) is 0.636. The highest BCUT2D eigenvalue weighted by atomic mass is 32.2. The van der Waals surface area contributed by atoms with E-state index in [2.05, 4.69) is 0 Å². The Kier molecular flexibility index (Phi) is 3.66. The van der Waals surface area contributed by atoms with Crippen LogP contribution >= 0.6 is 11.3 Å². The Hall–Kier alpha value is -0.390. The molecule has 0 N–H and O–H groups in total. The first-order valence-electron chi connectivity index (χ1n) is 5.73. The summed E-state index contributed by atoms with van der Waals surface area (Å²) < 4.78 is 26.6. The molecule has 90 valence electrons. The summed E-state index contributed by atoms with van der Waals surface area (Å²) in [5, 5.41) is 0. The SMILES string of the molecule is CCc1ccc(S(=O)(=O)N2CCCCC2)s1. The molecule has 1 aliphatic heterocycles. The van der Waals surface area contributed by atoms with Crippen LogP contribution in [0.2, 0.25) is 0 Å². The number of rotatable bonds is 3. The second-order valence-corrected chi connectivity index (χ2v) is 7.37. The molecule has 1 aromatic rings. The number of piperidine rings is 1. The van der Waals surface area contributed by atoms with Crippen LogP contribution in [0, 0.1) is 0 Å². The summed E-state index contributed by atoms with van der Waals surface area (Å²) in [5.74, 6) is 0. The van der Waals surface area contributed by atoms with E-state index in [0.717, 1.165) is 30.6 Å². The monoisotopic (exact) mass is 259 g/mol. The maximum absolute atomic E-state index is 12.3. The van der Waals surface area contributed by atoms with Crippen molar-refractivity contribution >= 4 is 21.4 Å². The zero-order chi connectivity index (χ0) is 11.6. The number of aryl methyl sites for hydroxylation is 1. The van der Waals surface area contributed by atoms with Crippen molar-refractivity contribution in [1.82, 2.24) is 4.31 Å². The molecule has 0 aliphatic carbocycles. The Morgan fingerprint density at radius 1 is 1.25 bits per heavy atom. The van der Waals surface area contributed by atoms with Gasteiger partial charge in [0.15, 0.2) is 0 Å². The molecule has 0 spiro atoms. The van der Waals surface area contributed by atoms with Crippen molar-refractivity contribution < 1.29 is 8.42 Å². The molecule has 5 heteroatoms. The van der Waals surface area contributed by atoms with E-state index >= 15 is 0 Å². The molecule has 0 bridgehead atoms. The van der Waals surface area contributed by atoms with Crippen LogP contribution < -0.4 is 0 Å². The molecule has 0 amide bonds. The van der Waals surface area contributed by atoms with E-state index in [1.54, 1.807) is 10.4 Å². The second-order valence-electron chi connectivity index (χ2n) is 4.04. The zero-order valence-electron chi connectivity index (χ0n) is 9.48. The fourth-order valence-corrected chi connectivity index (χ4v) is 4.89. The molecular formula is C11H17NO2S2. The summed E-state index contributed by atoms with van der Waals surface area (Å²) in [4.78, 5) is 1.13. The smallest absolute Gasteiger partial charge is 0.206 e. The standard InChI is InChI=1S/C11H17NO2S2/c1-2-10-6-7-11(15-10)16(13,14)12-8-4-3-5-9-12/h6-7H,2-5,8-9H2,1H3. The summed E-state index contributed by atoms with van der Waals surface area (Å²) in [6.45, 7) is 3.41. The van der Waals surface area contributed by atoms with E-state index in [1.807, 2.05) is 13.0 Å². The normalized spacial score (nSPS) is 18.8. The van der Waals surface area contributed by atoms with Gasteiger partial charge in [-0.25, -0.2) is 8.42 Å². The lowest BCUT2D eigenvalue weighted by atomic mass is 10.2. The van der Waals surface area contributed by atoms with Gasteiger partial charge in [0.05, 0.1) is 0 Å². The molecule has 0 saturated carbocycles. The second kappa shape index (κ2) is 4.85. The maximum Gasteiger partial charge on any atom is 0.252 e. The highest BCUT2D eigenvalue weighted by molar-refractivity contribution is 7.91. The number of thiophene rings is 1. The minimum Gasteiger partial charge on any atom is -0.206 e. The van der Waals surface area contributed by atoms with Gasteiger partial charge in [0, 0.05) is 18.0 Å². The molecule has 3 nitrogen and oxygen atoms in total. The fourth-order valence-electron chi connectivity index (χ4n) is 1.92. The van der Waals surface area contributed by atoms with Gasteiger partial charge in [-0.2, -0.15) is 4.31 Å². The molecular weight excluding hydrogens is 242 g/mol. The minimum atomic E-state index is -3.20. The van der Waals surface area contributed by atoms with Gasteiger partial charge in [0.25, 0.3) is 10.0 Å². The molecule has 0 aromatic carbocycles. The van der Waals surface area contributed by atoms with Crippen LogP contribution in [-0.4, -0.2) is 25.8 Å². The van der Waals surface area contributed by atoms with Gasteiger partial charge in [-0.3, -0.25) is 0 Å². The van der Waals surface area contributed by atoms with Crippen molar-refractivity contribution in [3.8, 4) is 0 Å². The maximum atomic E-state index is 12.3. The van der Waals surface area contributed by atoms with Crippen molar-refractivity contribution in [3.05, 3.63) is 17.0 Å². The number of hydrogen-bond acceptors (Lipinski definition) is 3. The molecule has 16 heavy (non-hydrogen) atoms. The van der Waals surface area contributed by atoms with E-state index in [4.69, 9.17) is 0 Å². The topological polar surface area (TPSA) is 37.4 Å². The average molecular weight is 259 g/mol. The first-order valence-corrected chi connectivity index (χ1v) is 7.99. The highest BCUT2D eigenvalue weighted by Gasteiger charge is 2.26. The van der Waals surface area contributed by atoms with Gasteiger partial charge in [0.1, 0.15) is 4.21 Å². The molecule has 2 rings (SSSR count). The van der Waals surface area contributed by atoms with E-state index in [-0.39, 0.29) is 0 Å². The molecule has 0 radical (unpaired) electrons. The summed E-state index contributed by atoms with van der Waals surface area (Å²) in [6.07, 6.45) is 4.04. The van der Waals surface area contributed by atoms with Crippen molar-refractivity contribution in [2.24, 2.45) is 0 Å². The third-order valence-corrected chi connectivity index (χ3v) is 6.49. The van der Waals surface area contributed by atoms with Crippen LogP contribution in [0.15, 0.2) is 16.3 Å². The lowest BCUT2D eigenvalue weighted by molar-refractivity contribution is 0.347. The Balaban J connectivity index is 2.23. The van der Waals surface area contributed by atoms with Gasteiger partial charge in [-0.15, -0.1) is 11.3 Å². The predicted octanol–water partition coefficient (Wildman–Crippen LogP) is 2.49. The van der Waals surface area contributed by atoms with E-state index in [0.29, 0.717) is 17.3 Å². The number of sulfonamides is 1. The van der Waals surface area contributed by atoms with Gasteiger partial charge in [-0.1, -0.05) is 13.3 Å². The first kappa shape index (κ1) is 12.1. The molecule has 1 aromatic heterocycles. The molecule has 0 atom stereocenters. The lowest BCUT2D eigenvalue weighted by Crippen LogP contribution is -2.35. The summed E-state index contributed by atoms with van der Waals surface area (Å²) >= 11 is 1.40. The molecule has 1 fully saturated rings. The summed E-state index contributed by atoms with van der Waals surface area (Å²) in [5.41, 5.74) is 0. The Labute approximate surface area is 101 Å². The summed E-state index contributed by atoms with van der Waals surface area (Å²) in [6, 6.07) is 3.66. The van der Waals surface area contributed by atoms with Crippen molar-refractivity contribution in [2.45, 2.75) is 36.8 Å². The van der Waals surface area contributed by atoms with E-state index in [9.17, 15) is 8.42 Å². The molecule has 2 heterocycles. The third kappa shape index (κ3) is 2.31. The van der Waals surface area contributed by atoms with Crippen LogP contribution in [0.4, 0.5) is 0 Å². The Morgan fingerprint density at radius 3 is 2.50 bits per heavy atom. The van der Waals surface area contributed by atoms with Crippen LogP contribution in [0.5, 0.6) is 0 Å². The minimum absolute atomic E-state index is 0.506. The summed E-state index contributed by atoms with van der Waals surface area (Å²) in [7, 11) is -3.20. The quantitative estimate of drug-likeness (QED) is 0.836. The van der Waals surface area contributed by atoms with E-state index in [1.165, 1.54) is 11.3 Å². The van der Waals surface area contributed by atoms with Crippen LogP contribution in [0.25, 0.3) is 0 Å². The Bertz CT molecular complexity index is 444. The van der Waals surface area contributed by atoms with Crippen molar-refractivity contribution in [2.75, 3.05) is 13.1 Å². The Morgan fingerprint density at radius 2 is 1.94 bits per heavy atom. The first-order chi connectivity index (χ1) is 7.64. The number of nitrogens with zero attached hydrogens (tertiary/aromatic N) is 1. The predicted molar refractivity (Wildman–Crippen MR) is 66.3 cm³/mol. The van der Waals surface area contributed by atoms with Gasteiger partial charge >= 0.3 is 0 Å². The largest absolute Gasteiger partial charge is 0.252 e. The van der Waals surface area contributed by atoms with Gasteiger partial charge < -0.3 is 0 Å². The van der Waals surface area contributed by atoms with Crippen LogP contribution in [-0.2, 0) is 16.4 Å². The molecule has 0 unspecified atom stereocenters. The van der Waals surface area contributed by atoms with Crippen LogP contribution in [0.3, 0.4) is 0 Å². The van der Waals surface area contributed by atoms with E-state index < -0.39 is 10.0 Å². The molecule has 1 aliphatic rings. The van der Waals surface area contributed by atoms with Crippen molar-refractivity contribution in [3.63, 3.8) is 0 Å². The van der Waals surface area contributed by atoms with Crippen LogP contribution in [0.1, 0.15) is 31.1 Å².